The third-order valence-corrected chi connectivity index (χ3v) is 5.23. The molecule has 1 unspecified atom stereocenters. The van der Waals surface area contributed by atoms with Gasteiger partial charge in [-0.05, 0) is 53.9 Å². The van der Waals surface area contributed by atoms with E-state index in [4.69, 9.17) is 14.0 Å². The van der Waals surface area contributed by atoms with Crippen molar-refractivity contribution in [3.63, 3.8) is 0 Å². The van der Waals surface area contributed by atoms with Crippen LogP contribution in [0.5, 0.6) is 11.5 Å². The van der Waals surface area contributed by atoms with Gasteiger partial charge in [-0.1, -0.05) is 41.6 Å². The molecule has 4 rings (SSSR count). The molecule has 0 aliphatic rings. The van der Waals surface area contributed by atoms with Crippen LogP contribution in [0.2, 0.25) is 0 Å². The molecule has 1 aromatic heterocycles. The van der Waals surface area contributed by atoms with E-state index < -0.39 is 0 Å². The minimum Gasteiger partial charge on any atom is -0.497 e. The highest BCUT2D eigenvalue weighted by Crippen LogP contribution is 2.24. The molecule has 1 heterocycles. The molecule has 0 fully saturated rings. The Morgan fingerprint density at radius 3 is 2.26 bits per heavy atom. The second-order valence-corrected chi connectivity index (χ2v) is 7.25. The van der Waals surface area contributed by atoms with E-state index in [2.05, 4.69) is 10.5 Å². The molecule has 158 valence electrons. The minimum absolute atomic E-state index is 0.117. The van der Waals surface area contributed by atoms with Crippen LogP contribution in [-0.2, 0) is 17.6 Å². The predicted octanol–water partition coefficient (Wildman–Crippen LogP) is 4.49. The third-order valence-electron chi connectivity index (χ3n) is 5.23. The summed E-state index contributed by atoms with van der Waals surface area (Å²) in [7, 11) is 3.27. The summed E-state index contributed by atoms with van der Waals surface area (Å²) in [5, 5.41) is 8.09. The van der Waals surface area contributed by atoms with Crippen molar-refractivity contribution in [1.29, 1.82) is 0 Å². The van der Waals surface area contributed by atoms with Crippen LogP contribution >= 0.6 is 0 Å². The van der Waals surface area contributed by atoms with Crippen LogP contribution in [0.3, 0.4) is 0 Å². The molecule has 31 heavy (non-hydrogen) atoms. The highest BCUT2D eigenvalue weighted by molar-refractivity contribution is 5.86. The molecule has 0 aliphatic carbocycles. The fourth-order valence-corrected chi connectivity index (χ4v) is 3.55. The smallest absolute Gasteiger partial charge is 0.226 e. The monoisotopic (exact) mass is 416 g/mol. The predicted molar refractivity (Wildman–Crippen MR) is 118 cm³/mol. The summed E-state index contributed by atoms with van der Waals surface area (Å²) in [6.45, 7) is 0. The average Bonchev–Trinajstić information content (AvgIpc) is 3.22. The SMILES string of the molecule is COc1ccc(CC(NC(=O)Cc2noc3ccccc23)c2ccc(OC)cc2)cc1. The van der Waals surface area contributed by atoms with Crippen LogP contribution in [0.25, 0.3) is 11.0 Å². The molecule has 0 bridgehead atoms. The molecule has 3 aromatic carbocycles. The first-order valence-corrected chi connectivity index (χ1v) is 10.1. The van der Waals surface area contributed by atoms with Crippen molar-refractivity contribution in [2.75, 3.05) is 14.2 Å². The summed E-state index contributed by atoms with van der Waals surface area (Å²) in [4.78, 5) is 12.9. The van der Waals surface area contributed by atoms with Crippen LogP contribution in [0.1, 0.15) is 22.9 Å². The van der Waals surface area contributed by atoms with E-state index in [0.29, 0.717) is 17.7 Å². The van der Waals surface area contributed by atoms with Gasteiger partial charge in [0, 0.05) is 5.39 Å². The van der Waals surface area contributed by atoms with Gasteiger partial charge in [0.15, 0.2) is 5.58 Å². The molecule has 1 amide bonds. The number of para-hydroxylation sites is 1. The van der Waals surface area contributed by atoms with E-state index in [9.17, 15) is 4.79 Å². The Hall–Kier alpha value is -3.80. The third kappa shape index (κ3) is 4.86. The van der Waals surface area contributed by atoms with E-state index in [0.717, 1.165) is 28.0 Å². The Morgan fingerprint density at radius 1 is 0.935 bits per heavy atom. The highest BCUT2D eigenvalue weighted by Gasteiger charge is 2.18. The number of aromatic nitrogens is 1. The van der Waals surface area contributed by atoms with E-state index >= 15 is 0 Å². The number of ether oxygens (including phenoxy) is 2. The molecule has 0 spiro atoms. The van der Waals surface area contributed by atoms with Crippen molar-refractivity contribution in [1.82, 2.24) is 10.5 Å². The van der Waals surface area contributed by atoms with Gasteiger partial charge >= 0.3 is 0 Å². The summed E-state index contributed by atoms with van der Waals surface area (Å²) in [5.41, 5.74) is 3.39. The molecule has 0 radical (unpaired) electrons. The highest BCUT2D eigenvalue weighted by atomic mass is 16.5. The number of fused-ring (bicyclic) bond motifs is 1. The van der Waals surface area contributed by atoms with Crippen LogP contribution < -0.4 is 14.8 Å². The number of rotatable bonds is 8. The first kappa shape index (κ1) is 20.5. The number of nitrogens with one attached hydrogen (secondary N) is 1. The first-order valence-electron chi connectivity index (χ1n) is 10.1. The standard InChI is InChI=1S/C25H24N2O4/c1-29-19-11-7-17(8-12-19)15-22(18-9-13-20(30-2)14-10-18)26-25(28)16-23-21-5-3-4-6-24(21)31-27-23/h3-14,22H,15-16H2,1-2H3,(H,26,28). The van der Waals surface area contributed by atoms with Gasteiger partial charge in [-0.25, -0.2) is 0 Å². The Kier molecular flexibility index (Phi) is 6.17. The lowest BCUT2D eigenvalue weighted by atomic mass is 9.98. The van der Waals surface area contributed by atoms with Gasteiger partial charge in [0.05, 0.1) is 26.7 Å². The minimum atomic E-state index is -0.204. The van der Waals surface area contributed by atoms with Crippen molar-refractivity contribution in [2.45, 2.75) is 18.9 Å². The Balaban J connectivity index is 1.54. The van der Waals surface area contributed by atoms with Gasteiger partial charge in [0.25, 0.3) is 0 Å². The normalized spacial score (nSPS) is 11.8. The fraction of sp³-hybridized carbons (Fsp3) is 0.200. The van der Waals surface area contributed by atoms with Gasteiger partial charge < -0.3 is 19.3 Å². The molecule has 6 nitrogen and oxygen atoms in total. The van der Waals surface area contributed by atoms with Crippen molar-refractivity contribution in [2.24, 2.45) is 0 Å². The van der Waals surface area contributed by atoms with Crippen LogP contribution in [0, 0.1) is 0 Å². The van der Waals surface area contributed by atoms with Gasteiger partial charge in [-0.2, -0.15) is 0 Å². The Labute approximate surface area is 180 Å². The maximum Gasteiger partial charge on any atom is 0.226 e. The molecular weight excluding hydrogens is 392 g/mol. The molecule has 6 heteroatoms. The molecule has 4 aromatic rings. The van der Waals surface area contributed by atoms with E-state index in [1.165, 1.54) is 0 Å². The Morgan fingerprint density at radius 2 is 1.58 bits per heavy atom. The summed E-state index contributed by atoms with van der Waals surface area (Å²) < 4.78 is 15.8. The quantitative estimate of drug-likeness (QED) is 0.458. The topological polar surface area (TPSA) is 73.6 Å². The van der Waals surface area contributed by atoms with Crippen LogP contribution in [0.4, 0.5) is 0 Å². The van der Waals surface area contributed by atoms with Crippen LogP contribution in [0.15, 0.2) is 77.3 Å². The van der Waals surface area contributed by atoms with Crippen LogP contribution in [-0.4, -0.2) is 25.3 Å². The number of hydrogen-bond donors (Lipinski definition) is 1. The zero-order valence-corrected chi connectivity index (χ0v) is 17.5. The van der Waals surface area contributed by atoms with Crippen molar-refractivity contribution >= 4 is 16.9 Å². The van der Waals surface area contributed by atoms with Gasteiger partial charge in [-0.3, -0.25) is 4.79 Å². The largest absolute Gasteiger partial charge is 0.497 e. The molecule has 1 atom stereocenters. The molecule has 1 N–H and O–H groups in total. The van der Waals surface area contributed by atoms with Gasteiger partial charge in [0.2, 0.25) is 5.91 Å². The van der Waals surface area contributed by atoms with E-state index in [1.807, 2.05) is 72.8 Å². The zero-order valence-electron chi connectivity index (χ0n) is 17.5. The summed E-state index contributed by atoms with van der Waals surface area (Å²) in [6, 6.07) is 22.9. The van der Waals surface area contributed by atoms with Gasteiger partial charge in [-0.15, -0.1) is 0 Å². The number of carbonyl (C=O) groups excluding carboxylic acids is 1. The van der Waals surface area contributed by atoms with Crippen molar-refractivity contribution in [3.05, 3.63) is 89.6 Å². The summed E-state index contributed by atoms with van der Waals surface area (Å²) >= 11 is 0. The number of nitrogens with zero attached hydrogens (tertiary/aromatic N) is 1. The lowest BCUT2D eigenvalue weighted by Gasteiger charge is -2.20. The fourth-order valence-electron chi connectivity index (χ4n) is 3.55. The summed E-state index contributed by atoms with van der Waals surface area (Å²) in [5.74, 6) is 1.45. The van der Waals surface area contributed by atoms with E-state index in [1.54, 1.807) is 14.2 Å². The maximum absolute atomic E-state index is 12.9. The number of hydrogen-bond acceptors (Lipinski definition) is 5. The lowest BCUT2D eigenvalue weighted by molar-refractivity contribution is -0.121. The molecule has 0 saturated heterocycles. The number of amides is 1. The second kappa shape index (κ2) is 9.34. The zero-order chi connectivity index (χ0) is 21.6. The van der Waals surface area contributed by atoms with Gasteiger partial charge in [0.1, 0.15) is 17.2 Å². The lowest BCUT2D eigenvalue weighted by Crippen LogP contribution is -2.31. The van der Waals surface area contributed by atoms with E-state index in [-0.39, 0.29) is 18.4 Å². The molecular formula is C25H24N2O4. The van der Waals surface area contributed by atoms with Crippen molar-refractivity contribution in [3.8, 4) is 11.5 Å². The number of benzene rings is 3. The molecule has 0 saturated carbocycles. The maximum atomic E-state index is 12.9. The first-order chi connectivity index (χ1) is 15.2. The molecule has 0 aliphatic heterocycles. The average molecular weight is 416 g/mol. The second-order valence-electron chi connectivity index (χ2n) is 7.25. The summed E-state index contributed by atoms with van der Waals surface area (Å²) in [6.07, 6.45) is 0.786. The Bertz CT molecular complexity index is 1150. The number of methoxy groups -OCH3 is 2. The number of carbonyl (C=O) groups is 1. The van der Waals surface area contributed by atoms with Crippen molar-refractivity contribution < 1.29 is 18.8 Å².